The molecule has 0 bridgehead atoms. The van der Waals surface area contributed by atoms with Gasteiger partial charge in [0.25, 0.3) is 0 Å². The molecule has 108 valence electrons. The van der Waals surface area contributed by atoms with Crippen LogP contribution in [-0.2, 0) is 9.84 Å². The molecule has 0 aliphatic rings. The second kappa shape index (κ2) is 7.36. The van der Waals surface area contributed by atoms with E-state index in [4.69, 9.17) is 0 Å². The molecule has 6 heteroatoms. The fourth-order valence-corrected chi connectivity index (χ4v) is 3.28. The zero-order valence-electron chi connectivity index (χ0n) is 11.1. The molecule has 0 saturated carbocycles. The molecule has 0 aliphatic heterocycles. The van der Waals surface area contributed by atoms with Gasteiger partial charge in [-0.3, -0.25) is 0 Å². The first-order valence-electron chi connectivity index (χ1n) is 6.21. The van der Waals surface area contributed by atoms with Gasteiger partial charge >= 0.3 is 0 Å². The van der Waals surface area contributed by atoms with E-state index in [2.05, 4.69) is 21.2 Å². The molecule has 0 spiro atoms. The van der Waals surface area contributed by atoms with Crippen LogP contribution in [0.5, 0.6) is 0 Å². The molecule has 3 nitrogen and oxygen atoms in total. The molecule has 1 aromatic rings. The first-order chi connectivity index (χ1) is 8.88. The molecule has 1 rings (SSSR count). The van der Waals surface area contributed by atoms with E-state index in [0.717, 1.165) is 5.56 Å². The molecule has 0 heterocycles. The number of hydrogen-bond donors (Lipinski definition) is 1. The average molecular weight is 352 g/mol. The molecule has 0 aromatic heterocycles. The van der Waals surface area contributed by atoms with Crippen molar-refractivity contribution in [3.63, 3.8) is 0 Å². The summed E-state index contributed by atoms with van der Waals surface area (Å²) in [7, 11) is -1.14. The zero-order valence-corrected chi connectivity index (χ0v) is 13.5. The van der Waals surface area contributed by atoms with Gasteiger partial charge in [0.05, 0.1) is 5.75 Å². The van der Waals surface area contributed by atoms with E-state index in [1.165, 1.54) is 12.1 Å². The van der Waals surface area contributed by atoms with Crippen molar-refractivity contribution >= 4 is 25.8 Å². The van der Waals surface area contributed by atoms with Crippen LogP contribution in [0.15, 0.2) is 22.7 Å². The van der Waals surface area contributed by atoms with Crippen LogP contribution in [0.4, 0.5) is 4.39 Å². The number of sulfone groups is 1. The number of benzene rings is 1. The third kappa shape index (κ3) is 5.58. The minimum Gasteiger partial charge on any atom is -0.313 e. The lowest BCUT2D eigenvalue weighted by Crippen LogP contribution is -2.18. The number of nitrogens with one attached hydrogen (secondary N) is 1. The van der Waals surface area contributed by atoms with E-state index in [-0.39, 0.29) is 23.4 Å². The quantitative estimate of drug-likeness (QED) is 0.820. The van der Waals surface area contributed by atoms with Crippen molar-refractivity contribution in [2.45, 2.75) is 25.8 Å². The highest BCUT2D eigenvalue weighted by Crippen LogP contribution is 2.23. The summed E-state index contributed by atoms with van der Waals surface area (Å²) < 4.78 is 36.9. The molecular weight excluding hydrogens is 333 g/mol. The predicted octanol–water partition coefficient (Wildman–Crippen LogP) is 3.06. The normalized spacial score (nSPS) is 13.5. The second-order valence-electron chi connectivity index (χ2n) is 4.42. The van der Waals surface area contributed by atoms with E-state index in [1.807, 2.05) is 6.07 Å². The van der Waals surface area contributed by atoms with Crippen molar-refractivity contribution in [3.05, 3.63) is 34.1 Å². The summed E-state index contributed by atoms with van der Waals surface area (Å²) in [6.45, 7) is 1.65. The smallest absolute Gasteiger partial charge is 0.150 e. The fourth-order valence-electron chi connectivity index (χ4n) is 1.91. The van der Waals surface area contributed by atoms with Gasteiger partial charge < -0.3 is 5.32 Å². The Morgan fingerprint density at radius 3 is 2.58 bits per heavy atom. The van der Waals surface area contributed by atoms with Gasteiger partial charge in [0.1, 0.15) is 15.7 Å². The van der Waals surface area contributed by atoms with Crippen LogP contribution in [0.2, 0.25) is 0 Å². The van der Waals surface area contributed by atoms with Gasteiger partial charge in [-0.15, -0.1) is 0 Å². The first kappa shape index (κ1) is 16.6. The molecular formula is C13H19BrFNO2S. The lowest BCUT2D eigenvalue weighted by Gasteiger charge is -2.17. The minimum absolute atomic E-state index is 0.0425. The van der Waals surface area contributed by atoms with Gasteiger partial charge in [0.15, 0.2) is 0 Å². The van der Waals surface area contributed by atoms with Gasteiger partial charge in [0.2, 0.25) is 0 Å². The molecule has 1 N–H and O–H groups in total. The average Bonchev–Trinajstić information content (AvgIpc) is 2.33. The summed E-state index contributed by atoms with van der Waals surface area (Å²) in [6.07, 6.45) is 1.22. The molecule has 1 unspecified atom stereocenters. The van der Waals surface area contributed by atoms with Crippen LogP contribution >= 0.6 is 15.9 Å². The van der Waals surface area contributed by atoms with Crippen molar-refractivity contribution in [1.82, 2.24) is 5.32 Å². The largest absolute Gasteiger partial charge is 0.313 e. The zero-order chi connectivity index (χ0) is 14.5. The highest BCUT2D eigenvalue weighted by molar-refractivity contribution is 9.10. The van der Waals surface area contributed by atoms with Gasteiger partial charge in [0, 0.05) is 16.3 Å². The van der Waals surface area contributed by atoms with Gasteiger partial charge in [-0.2, -0.15) is 0 Å². The predicted molar refractivity (Wildman–Crippen MR) is 79.5 cm³/mol. The maximum absolute atomic E-state index is 13.3. The summed E-state index contributed by atoms with van der Waals surface area (Å²) in [5.74, 6) is 0.0479. The Balaban J connectivity index is 2.68. The third-order valence-corrected chi connectivity index (χ3v) is 5.27. The number of halogens is 2. The van der Waals surface area contributed by atoms with Crippen LogP contribution in [0.1, 0.15) is 31.4 Å². The first-order valence-corrected chi connectivity index (χ1v) is 8.83. The molecule has 0 amide bonds. The van der Waals surface area contributed by atoms with E-state index < -0.39 is 9.84 Å². The second-order valence-corrected chi connectivity index (χ2v) is 7.81. The molecule has 0 fully saturated rings. The van der Waals surface area contributed by atoms with Crippen molar-refractivity contribution in [1.29, 1.82) is 0 Å². The van der Waals surface area contributed by atoms with Crippen LogP contribution in [0, 0.1) is 5.82 Å². The van der Waals surface area contributed by atoms with E-state index in [9.17, 15) is 12.8 Å². The summed E-state index contributed by atoms with van der Waals surface area (Å²) in [6, 6.07) is 4.68. The summed E-state index contributed by atoms with van der Waals surface area (Å²) in [4.78, 5) is 0. The minimum atomic E-state index is -2.93. The van der Waals surface area contributed by atoms with E-state index in [1.54, 1.807) is 14.0 Å². The van der Waals surface area contributed by atoms with Crippen LogP contribution < -0.4 is 5.32 Å². The van der Waals surface area contributed by atoms with Crippen LogP contribution in [0.3, 0.4) is 0 Å². The number of rotatable bonds is 7. The Morgan fingerprint density at radius 2 is 2.05 bits per heavy atom. The number of hydrogen-bond acceptors (Lipinski definition) is 3. The van der Waals surface area contributed by atoms with Crippen LogP contribution in [0.25, 0.3) is 0 Å². The molecule has 0 aliphatic carbocycles. The Morgan fingerprint density at radius 1 is 1.37 bits per heavy atom. The van der Waals surface area contributed by atoms with Crippen molar-refractivity contribution in [2.75, 3.05) is 18.6 Å². The lowest BCUT2D eigenvalue weighted by atomic mass is 10.0. The highest BCUT2D eigenvalue weighted by Gasteiger charge is 2.13. The molecule has 0 radical (unpaired) electrons. The van der Waals surface area contributed by atoms with Gasteiger partial charge in [-0.05, 0) is 43.7 Å². The maximum Gasteiger partial charge on any atom is 0.150 e. The molecule has 1 atom stereocenters. The Hall–Kier alpha value is -0.460. The van der Waals surface area contributed by atoms with Crippen molar-refractivity contribution in [3.8, 4) is 0 Å². The highest BCUT2D eigenvalue weighted by atomic mass is 79.9. The Labute approximate surface area is 122 Å². The summed E-state index contributed by atoms with van der Waals surface area (Å²) >= 11 is 3.26. The topological polar surface area (TPSA) is 46.2 Å². The van der Waals surface area contributed by atoms with Gasteiger partial charge in [-0.1, -0.05) is 22.9 Å². The molecule has 19 heavy (non-hydrogen) atoms. The Kier molecular flexibility index (Phi) is 6.42. The molecule has 1 aromatic carbocycles. The van der Waals surface area contributed by atoms with Crippen molar-refractivity contribution < 1.29 is 12.8 Å². The third-order valence-electron chi connectivity index (χ3n) is 3.02. The lowest BCUT2D eigenvalue weighted by molar-refractivity contribution is 0.530. The summed E-state index contributed by atoms with van der Waals surface area (Å²) in [5, 5.41) is 3.09. The SMILES string of the molecule is CCS(=O)(=O)CCCC(NC)c1cc(F)cc(Br)c1. The van der Waals surface area contributed by atoms with Crippen molar-refractivity contribution in [2.24, 2.45) is 0 Å². The molecule has 0 saturated heterocycles. The van der Waals surface area contributed by atoms with Crippen LogP contribution in [-0.4, -0.2) is 27.0 Å². The van der Waals surface area contributed by atoms with E-state index >= 15 is 0 Å². The fraction of sp³-hybridized carbons (Fsp3) is 0.538. The summed E-state index contributed by atoms with van der Waals surface area (Å²) in [5.41, 5.74) is 0.822. The monoisotopic (exact) mass is 351 g/mol. The maximum atomic E-state index is 13.3. The van der Waals surface area contributed by atoms with Gasteiger partial charge in [-0.25, -0.2) is 12.8 Å². The standard InChI is InChI=1S/C13H19BrFNO2S/c1-3-19(17,18)6-4-5-13(16-2)10-7-11(14)9-12(15)8-10/h7-9,13,16H,3-6H2,1-2H3. The Bertz CT molecular complexity index is 499. The van der Waals surface area contributed by atoms with E-state index in [0.29, 0.717) is 17.3 Å².